The third-order valence-electron chi connectivity index (χ3n) is 3.42. The first-order chi connectivity index (χ1) is 11.1. The van der Waals surface area contributed by atoms with Crippen molar-refractivity contribution >= 4 is 39.5 Å². The molecule has 132 valence electrons. The third kappa shape index (κ3) is 4.83. The van der Waals surface area contributed by atoms with E-state index in [9.17, 15) is 14.0 Å². The Morgan fingerprint density at radius 1 is 1.42 bits per heavy atom. The van der Waals surface area contributed by atoms with Crippen LogP contribution in [0.5, 0.6) is 0 Å². The number of rotatable bonds is 2. The van der Waals surface area contributed by atoms with Crippen molar-refractivity contribution in [3.05, 3.63) is 33.0 Å². The Labute approximate surface area is 153 Å². The maximum absolute atomic E-state index is 13.6. The number of carbonyl (C=O) groups is 2. The molecule has 0 aromatic heterocycles. The predicted molar refractivity (Wildman–Crippen MR) is 92.8 cm³/mol. The fourth-order valence-corrected chi connectivity index (χ4v) is 2.87. The quantitative estimate of drug-likeness (QED) is 0.735. The fourth-order valence-electron chi connectivity index (χ4n) is 2.33. The molecule has 0 spiro atoms. The van der Waals surface area contributed by atoms with E-state index in [4.69, 9.17) is 16.3 Å². The second-order valence-corrected chi connectivity index (χ2v) is 7.87. The standard InChI is InChI=1S/C16H19BrClFN2O3/c1-16(2,3)24-15(23)21-5-4-10(8-21)20-14(22)9-6-11(17)13(18)12(19)7-9/h6-7,10H,4-5,8H2,1-3H3,(H,20,22). The molecular weight excluding hydrogens is 403 g/mol. The third-order valence-corrected chi connectivity index (χ3v) is 4.66. The summed E-state index contributed by atoms with van der Waals surface area (Å²) in [5.41, 5.74) is -0.398. The molecule has 1 aliphatic heterocycles. The van der Waals surface area contributed by atoms with Crippen molar-refractivity contribution < 1.29 is 18.7 Å². The summed E-state index contributed by atoms with van der Waals surface area (Å²) in [5.74, 6) is -1.08. The average molecular weight is 422 g/mol. The van der Waals surface area contributed by atoms with Gasteiger partial charge in [-0.2, -0.15) is 0 Å². The van der Waals surface area contributed by atoms with Crippen LogP contribution in [0.4, 0.5) is 9.18 Å². The van der Waals surface area contributed by atoms with Crippen LogP contribution in [0.2, 0.25) is 5.02 Å². The first-order valence-corrected chi connectivity index (χ1v) is 8.67. The number of likely N-dealkylation sites (tertiary alicyclic amines) is 1. The summed E-state index contributed by atoms with van der Waals surface area (Å²) in [4.78, 5) is 25.8. The van der Waals surface area contributed by atoms with Gasteiger partial charge in [0.25, 0.3) is 5.91 Å². The fraction of sp³-hybridized carbons (Fsp3) is 0.500. The molecule has 1 heterocycles. The minimum Gasteiger partial charge on any atom is -0.444 e. The number of hydrogen-bond donors (Lipinski definition) is 1. The lowest BCUT2D eigenvalue weighted by molar-refractivity contribution is 0.0290. The minimum absolute atomic E-state index is 0.0662. The Kier molecular flexibility index (Phi) is 5.75. The molecule has 24 heavy (non-hydrogen) atoms. The molecule has 2 amide bonds. The number of benzene rings is 1. The number of amides is 2. The molecule has 1 aromatic carbocycles. The van der Waals surface area contributed by atoms with Gasteiger partial charge in [-0.1, -0.05) is 11.6 Å². The number of nitrogens with one attached hydrogen (secondary N) is 1. The first-order valence-electron chi connectivity index (χ1n) is 7.50. The van der Waals surface area contributed by atoms with E-state index in [1.165, 1.54) is 6.07 Å². The summed E-state index contributed by atoms with van der Waals surface area (Å²) in [6, 6.07) is 2.34. The Morgan fingerprint density at radius 2 is 2.08 bits per heavy atom. The van der Waals surface area contributed by atoms with Crippen LogP contribution in [-0.4, -0.2) is 41.6 Å². The second-order valence-electron chi connectivity index (χ2n) is 6.64. The lowest BCUT2D eigenvalue weighted by Crippen LogP contribution is -2.40. The molecule has 1 atom stereocenters. The number of nitrogens with zero attached hydrogens (tertiary/aromatic N) is 1. The molecule has 1 N–H and O–H groups in total. The number of halogens is 3. The van der Waals surface area contributed by atoms with E-state index in [1.807, 2.05) is 0 Å². The lowest BCUT2D eigenvalue weighted by atomic mass is 10.2. The van der Waals surface area contributed by atoms with E-state index in [0.717, 1.165) is 6.07 Å². The molecule has 1 saturated heterocycles. The minimum atomic E-state index is -0.669. The van der Waals surface area contributed by atoms with Crippen molar-refractivity contribution in [2.24, 2.45) is 0 Å². The molecule has 1 fully saturated rings. The van der Waals surface area contributed by atoms with E-state index in [1.54, 1.807) is 25.7 Å². The SMILES string of the molecule is CC(C)(C)OC(=O)N1CCC(NC(=O)c2cc(F)c(Cl)c(Br)c2)C1. The Morgan fingerprint density at radius 3 is 2.67 bits per heavy atom. The zero-order valence-electron chi connectivity index (χ0n) is 13.7. The Balaban J connectivity index is 1.96. The van der Waals surface area contributed by atoms with Crippen LogP contribution in [0.3, 0.4) is 0 Å². The van der Waals surface area contributed by atoms with Crippen LogP contribution in [0.15, 0.2) is 16.6 Å². The van der Waals surface area contributed by atoms with E-state index < -0.39 is 23.4 Å². The largest absolute Gasteiger partial charge is 0.444 e. The molecule has 0 aliphatic carbocycles. The van der Waals surface area contributed by atoms with Crippen LogP contribution in [0.1, 0.15) is 37.6 Å². The van der Waals surface area contributed by atoms with E-state index in [2.05, 4.69) is 21.2 Å². The highest BCUT2D eigenvalue weighted by Gasteiger charge is 2.30. The molecule has 0 bridgehead atoms. The van der Waals surface area contributed by atoms with Crippen LogP contribution in [-0.2, 0) is 4.74 Å². The van der Waals surface area contributed by atoms with E-state index in [-0.39, 0.29) is 16.6 Å². The van der Waals surface area contributed by atoms with Gasteiger partial charge < -0.3 is 15.0 Å². The van der Waals surface area contributed by atoms with Crippen molar-refractivity contribution in [1.82, 2.24) is 10.2 Å². The molecular formula is C16H19BrClFN2O3. The summed E-state index contributed by atoms with van der Waals surface area (Å²) < 4.78 is 19.3. The van der Waals surface area contributed by atoms with Gasteiger partial charge in [-0.15, -0.1) is 0 Å². The zero-order valence-corrected chi connectivity index (χ0v) is 16.0. The number of ether oxygens (including phenoxy) is 1. The summed E-state index contributed by atoms with van der Waals surface area (Å²) >= 11 is 8.83. The topological polar surface area (TPSA) is 58.6 Å². The van der Waals surface area contributed by atoms with Crippen LogP contribution < -0.4 is 5.32 Å². The van der Waals surface area contributed by atoms with Gasteiger partial charge in [0.1, 0.15) is 11.4 Å². The van der Waals surface area contributed by atoms with Crippen molar-refractivity contribution in [2.75, 3.05) is 13.1 Å². The Bertz CT molecular complexity index is 640. The average Bonchev–Trinajstić information content (AvgIpc) is 2.91. The normalized spacial score (nSPS) is 17.8. The molecule has 0 saturated carbocycles. The zero-order chi connectivity index (χ0) is 18.1. The molecule has 1 unspecified atom stereocenters. The van der Waals surface area contributed by atoms with Gasteiger partial charge in [-0.3, -0.25) is 4.79 Å². The maximum Gasteiger partial charge on any atom is 0.410 e. The van der Waals surface area contributed by atoms with Gasteiger partial charge in [0.2, 0.25) is 0 Å². The predicted octanol–water partition coefficient (Wildman–Crippen LogP) is 3.98. The monoisotopic (exact) mass is 420 g/mol. The van der Waals surface area contributed by atoms with Crippen molar-refractivity contribution in [3.8, 4) is 0 Å². The molecule has 1 aliphatic rings. The summed E-state index contributed by atoms with van der Waals surface area (Å²) in [6.45, 7) is 6.25. The lowest BCUT2D eigenvalue weighted by Gasteiger charge is -2.24. The highest BCUT2D eigenvalue weighted by Crippen LogP contribution is 2.27. The molecule has 8 heteroatoms. The molecule has 5 nitrogen and oxygen atoms in total. The van der Waals surface area contributed by atoms with Crippen molar-refractivity contribution in [1.29, 1.82) is 0 Å². The van der Waals surface area contributed by atoms with Gasteiger partial charge in [0.15, 0.2) is 0 Å². The van der Waals surface area contributed by atoms with Crippen molar-refractivity contribution in [2.45, 2.75) is 38.8 Å². The van der Waals surface area contributed by atoms with Crippen LogP contribution in [0, 0.1) is 5.82 Å². The first kappa shape index (κ1) is 19.0. The highest BCUT2D eigenvalue weighted by molar-refractivity contribution is 9.10. The van der Waals surface area contributed by atoms with Crippen molar-refractivity contribution in [3.63, 3.8) is 0 Å². The molecule has 0 radical (unpaired) electrons. The van der Waals surface area contributed by atoms with Gasteiger partial charge in [-0.05, 0) is 55.3 Å². The van der Waals surface area contributed by atoms with E-state index >= 15 is 0 Å². The van der Waals surface area contributed by atoms with Crippen LogP contribution in [0.25, 0.3) is 0 Å². The summed E-state index contributed by atoms with van der Waals surface area (Å²) in [5, 5.41) is 2.73. The second kappa shape index (κ2) is 7.27. The van der Waals surface area contributed by atoms with Crippen LogP contribution >= 0.6 is 27.5 Å². The molecule has 1 aromatic rings. The Hall–Kier alpha value is -1.34. The summed E-state index contributed by atoms with van der Waals surface area (Å²) in [7, 11) is 0. The molecule has 2 rings (SSSR count). The maximum atomic E-state index is 13.6. The smallest absolute Gasteiger partial charge is 0.410 e. The van der Waals surface area contributed by atoms with E-state index in [0.29, 0.717) is 24.0 Å². The highest BCUT2D eigenvalue weighted by atomic mass is 79.9. The van der Waals surface area contributed by atoms with Gasteiger partial charge in [0.05, 0.1) is 5.02 Å². The van der Waals surface area contributed by atoms with Gasteiger partial charge in [0, 0.05) is 29.2 Å². The van der Waals surface area contributed by atoms with Gasteiger partial charge >= 0.3 is 6.09 Å². The van der Waals surface area contributed by atoms with Gasteiger partial charge in [-0.25, -0.2) is 9.18 Å². The number of carbonyl (C=O) groups excluding carboxylic acids is 2. The number of hydrogen-bond acceptors (Lipinski definition) is 3. The summed E-state index contributed by atoms with van der Waals surface area (Å²) in [6.07, 6.45) is 0.210.